The van der Waals surface area contributed by atoms with E-state index in [2.05, 4.69) is 41.4 Å². The predicted molar refractivity (Wildman–Crippen MR) is 135 cm³/mol. The van der Waals surface area contributed by atoms with Gasteiger partial charge in [-0.05, 0) is 57.2 Å². The fourth-order valence-corrected chi connectivity index (χ4v) is 4.73. The normalized spacial score (nSPS) is 22.9. The third kappa shape index (κ3) is 6.23. The zero-order valence-corrected chi connectivity index (χ0v) is 20.2. The molecule has 3 N–H and O–H groups in total. The number of allylic oxidation sites excluding steroid dienone is 1. The number of halogens is 3. The number of piperidine rings is 1. The summed E-state index contributed by atoms with van der Waals surface area (Å²) in [4.78, 5) is 16.1. The number of carbonyl (C=O) groups is 1. The Morgan fingerprint density at radius 1 is 1.26 bits per heavy atom. The van der Waals surface area contributed by atoms with Gasteiger partial charge in [0.15, 0.2) is 0 Å². The van der Waals surface area contributed by atoms with E-state index in [0.29, 0.717) is 35.1 Å². The van der Waals surface area contributed by atoms with Crippen LogP contribution >= 0.6 is 0 Å². The maximum atomic E-state index is 13.6. The minimum absolute atomic E-state index is 0.0142. The molecular formula is C27H33F3N4O. The summed E-state index contributed by atoms with van der Waals surface area (Å²) in [6, 6.07) is 8.07. The van der Waals surface area contributed by atoms with Crippen LogP contribution in [-0.4, -0.2) is 41.7 Å². The summed E-state index contributed by atoms with van der Waals surface area (Å²) >= 11 is 0. The van der Waals surface area contributed by atoms with Gasteiger partial charge >= 0.3 is 6.18 Å². The van der Waals surface area contributed by atoms with Crippen molar-refractivity contribution in [2.24, 2.45) is 5.92 Å². The average molecular weight is 487 g/mol. The van der Waals surface area contributed by atoms with Gasteiger partial charge in [-0.1, -0.05) is 31.7 Å². The first-order valence-corrected chi connectivity index (χ1v) is 12.3. The molecule has 1 saturated carbocycles. The number of rotatable bonds is 8. The summed E-state index contributed by atoms with van der Waals surface area (Å²) < 4.78 is 40.9. The molecule has 1 amide bonds. The molecule has 2 aromatic rings. The summed E-state index contributed by atoms with van der Waals surface area (Å²) in [5.41, 5.74) is 0.0219. The molecule has 2 aliphatic rings. The number of anilines is 1. The van der Waals surface area contributed by atoms with Gasteiger partial charge < -0.3 is 16.0 Å². The molecule has 1 aliphatic heterocycles. The van der Waals surface area contributed by atoms with Crippen molar-refractivity contribution >= 4 is 34.0 Å². The van der Waals surface area contributed by atoms with E-state index >= 15 is 0 Å². The molecule has 5 nitrogen and oxygen atoms in total. The van der Waals surface area contributed by atoms with Crippen molar-refractivity contribution in [3.8, 4) is 0 Å². The molecule has 1 saturated heterocycles. The number of aromatic nitrogens is 1. The number of alkyl halides is 3. The lowest BCUT2D eigenvalue weighted by Crippen LogP contribution is -2.47. The lowest BCUT2D eigenvalue weighted by Gasteiger charge is -2.35. The molecule has 4 rings (SSSR count). The number of carbonyl (C=O) groups excluding carboxylic acids is 1. The number of benzene rings is 1. The lowest BCUT2D eigenvalue weighted by molar-refractivity contribution is -0.122. The van der Waals surface area contributed by atoms with Crippen molar-refractivity contribution < 1.29 is 18.0 Å². The minimum atomic E-state index is -4.59. The molecule has 1 aliphatic carbocycles. The smallest absolute Gasteiger partial charge is 0.382 e. The Balaban J connectivity index is 1.66. The van der Waals surface area contributed by atoms with Crippen LogP contribution < -0.4 is 16.0 Å². The Bertz CT molecular complexity index is 1120. The van der Waals surface area contributed by atoms with Crippen LogP contribution in [0.5, 0.6) is 0 Å². The standard InChI is InChI=1S/C27H33F3N4O/c1-4-19-14-21(13-16(2)32-19)33-24-9-5-8-22-23(24)15-20(34-25(22)17(3)27(28,29)30)7-6-12-31-26(35)18-10-11-18/h5-9,15-16,18-19,21,32-33H,3-4,10-14H2,1-2H3,(H,31,35)/b7-6+. The highest BCUT2D eigenvalue weighted by molar-refractivity contribution is 6.00. The second-order valence-corrected chi connectivity index (χ2v) is 9.68. The van der Waals surface area contributed by atoms with E-state index in [9.17, 15) is 18.0 Å². The van der Waals surface area contributed by atoms with E-state index < -0.39 is 11.7 Å². The Labute approximate surface area is 204 Å². The van der Waals surface area contributed by atoms with Crippen LogP contribution in [0.3, 0.4) is 0 Å². The second-order valence-electron chi connectivity index (χ2n) is 9.68. The summed E-state index contributed by atoms with van der Waals surface area (Å²) in [6.45, 7) is 7.92. The largest absolute Gasteiger partial charge is 0.417 e. The molecule has 0 radical (unpaired) electrons. The molecular weight excluding hydrogens is 453 g/mol. The predicted octanol–water partition coefficient (Wildman–Crippen LogP) is 5.68. The molecule has 2 fully saturated rings. The monoisotopic (exact) mass is 486 g/mol. The SMILES string of the molecule is C=C(c1nc(/C=C/CNC(=O)C2CC2)cc2c(NC3CC(C)NC(CC)C3)cccc12)C(F)(F)F. The number of hydrogen-bond acceptors (Lipinski definition) is 4. The second kappa shape index (κ2) is 10.4. The van der Waals surface area contributed by atoms with Crippen molar-refractivity contribution in [1.82, 2.24) is 15.6 Å². The molecule has 0 bridgehead atoms. The van der Waals surface area contributed by atoms with Crippen molar-refractivity contribution in [3.05, 3.63) is 48.3 Å². The summed E-state index contributed by atoms with van der Waals surface area (Å²) in [7, 11) is 0. The van der Waals surface area contributed by atoms with Gasteiger partial charge in [-0.3, -0.25) is 4.79 Å². The fraction of sp³-hybridized carbons (Fsp3) is 0.481. The Morgan fingerprint density at radius 2 is 2.03 bits per heavy atom. The third-order valence-corrected chi connectivity index (χ3v) is 6.73. The van der Waals surface area contributed by atoms with Gasteiger partial charge in [-0.25, -0.2) is 4.98 Å². The number of fused-ring (bicyclic) bond motifs is 1. The van der Waals surface area contributed by atoms with E-state index in [1.807, 2.05) is 6.07 Å². The molecule has 1 aromatic carbocycles. The van der Waals surface area contributed by atoms with Crippen molar-refractivity contribution in [2.45, 2.75) is 70.3 Å². The molecule has 2 heterocycles. The highest BCUT2D eigenvalue weighted by atomic mass is 19.4. The molecule has 3 unspecified atom stereocenters. The van der Waals surface area contributed by atoms with E-state index in [1.165, 1.54) is 0 Å². The van der Waals surface area contributed by atoms with Gasteiger partial charge in [0.25, 0.3) is 0 Å². The van der Waals surface area contributed by atoms with E-state index in [1.54, 1.807) is 30.4 Å². The zero-order chi connectivity index (χ0) is 25.2. The molecule has 188 valence electrons. The van der Waals surface area contributed by atoms with Crippen LogP contribution in [0.2, 0.25) is 0 Å². The molecule has 0 spiro atoms. The number of hydrogen-bond donors (Lipinski definition) is 3. The van der Waals surface area contributed by atoms with E-state index in [-0.39, 0.29) is 23.6 Å². The number of nitrogens with one attached hydrogen (secondary N) is 3. The number of pyridine rings is 1. The van der Waals surface area contributed by atoms with Crippen molar-refractivity contribution in [2.75, 3.05) is 11.9 Å². The van der Waals surface area contributed by atoms with Crippen LogP contribution in [-0.2, 0) is 4.79 Å². The first-order chi connectivity index (χ1) is 16.7. The first-order valence-electron chi connectivity index (χ1n) is 12.3. The maximum Gasteiger partial charge on any atom is 0.417 e. The van der Waals surface area contributed by atoms with Crippen LogP contribution in [0.15, 0.2) is 36.9 Å². The fourth-order valence-electron chi connectivity index (χ4n) is 4.73. The Kier molecular flexibility index (Phi) is 7.50. The van der Waals surface area contributed by atoms with Crippen LogP contribution in [0, 0.1) is 5.92 Å². The third-order valence-electron chi connectivity index (χ3n) is 6.73. The molecule has 8 heteroatoms. The van der Waals surface area contributed by atoms with Gasteiger partial charge in [0.05, 0.1) is 17.0 Å². The topological polar surface area (TPSA) is 66.0 Å². The van der Waals surface area contributed by atoms with E-state index in [0.717, 1.165) is 37.8 Å². The molecule has 1 aromatic heterocycles. The maximum absolute atomic E-state index is 13.6. The lowest BCUT2D eigenvalue weighted by atomic mass is 9.92. The number of nitrogens with zero attached hydrogens (tertiary/aromatic N) is 1. The van der Waals surface area contributed by atoms with Gasteiger partial charge in [-0.2, -0.15) is 13.2 Å². The Hall–Kier alpha value is -2.87. The van der Waals surface area contributed by atoms with Crippen molar-refractivity contribution in [3.63, 3.8) is 0 Å². The van der Waals surface area contributed by atoms with Gasteiger partial charge in [0, 0.05) is 47.0 Å². The summed E-state index contributed by atoms with van der Waals surface area (Å²) in [5, 5.41) is 11.1. The van der Waals surface area contributed by atoms with Gasteiger partial charge in [-0.15, -0.1) is 0 Å². The highest BCUT2D eigenvalue weighted by Gasteiger charge is 2.35. The average Bonchev–Trinajstić information content (AvgIpc) is 3.66. The molecule has 35 heavy (non-hydrogen) atoms. The minimum Gasteiger partial charge on any atom is -0.382 e. The summed E-state index contributed by atoms with van der Waals surface area (Å²) in [5.74, 6) is 0.114. The van der Waals surface area contributed by atoms with Crippen LogP contribution in [0.4, 0.5) is 18.9 Å². The quantitative estimate of drug-likeness (QED) is 0.449. The Morgan fingerprint density at radius 3 is 2.71 bits per heavy atom. The van der Waals surface area contributed by atoms with E-state index in [4.69, 9.17) is 0 Å². The van der Waals surface area contributed by atoms with Gasteiger partial charge in [0.2, 0.25) is 5.91 Å². The summed E-state index contributed by atoms with van der Waals surface area (Å²) in [6.07, 6.45) is 3.48. The zero-order valence-electron chi connectivity index (χ0n) is 20.2. The van der Waals surface area contributed by atoms with Crippen molar-refractivity contribution in [1.29, 1.82) is 0 Å². The molecule has 3 atom stereocenters. The number of amides is 1. The highest BCUT2D eigenvalue weighted by Crippen LogP contribution is 2.37. The van der Waals surface area contributed by atoms with Crippen LogP contribution in [0.1, 0.15) is 57.3 Å². The van der Waals surface area contributed by atoms with Crippen LogP contribution in [0.25, 0.3) is 22.4 Å². The first kappa shape index (κ1) is 25.2. The van der Waals surface area contributed by atoms with Gasteiger partial charge in [0.1, 0.15) is 0 Å².